The summed E-state index contributed by atoms with van der Waals surface area (Å²) in [5, 5.41) is 9.41. The molecule has 2 aliphatic heterocycles. The number of anilines is 1. The van der Waals surface area contributed by atoms with Crippen LogP contribution < -0.4 is 10.5 Å². The van der Waals surface area contributed by atoms with Gasteiger partial charge in [-0.3, -0.25) is 0 Å². The maximum Gasteiger partial charge on any atom is 0.356 e. The molecule has 2 aliphatic rings. The van der Waals surface area contributed by atoms with E-state index in [0.717, 1.165) is 53.4 Å². The molecule has 0 bridgehead atoms. The van der Waals surface area contributed by atoms with Crippen molar-refractivity contribution in [2.75, 3.05) is 18.0 Å². The molecular weight excluding hydrogens is 296 g/mol. The summed E-state index contributed by atoms with van der Waals surface area (Å²) in [7, 11) is 0. The molecule has 0 radical (unpaired) electrons. The minimum absolute atomic E-state index is 0.153. The van der Waals surface area contributed by atoms with E-state index in [2.05, 4.69) is 11.0 Å². The van der Waals surface area contributed by atoms with Crippen LogP contribution in [0.25, 0.3) is 11.3 Å². The van der Waals surface area contributed by atoms with Gasteiger partial charge in [-0.15, -0.1) is 11.8 Å². The Kier molecular flexibility index (Phi) is 3.20. The third-order valence-corrected chi connectivity index (χ3v) is 5.33. The quantitative estimate of drug-likeness (QED) is 0.808. The molecule has 0 unspecified atom stereocenters. The van der Waals surface area contributed by atoms with Gasteiger partial charge in [0.15, 0.2) is 5.56 Å². The van der Waals surface area contributed by atoms with Crippen LogP contribution in [0.4, 0.5) is 5.69 Å². The molecule has 4 rings (SSSR count). The van der Waals surface area contributed by atoms with Crippen LogP contribution in [0.3, 0.4) is 0 Å². The summed E-state index contributed by atoms with van der Waals surface area (Å²) in [6, 6.07) is 10.0. The largest absolute Gasteiger partial charge is 0.421 e. The van der Waals surface area contributed by atoms with Crippen LogP contribution in [0.2, 0.25) is 0 Å². The molecule has 0 aliphatic carbocycles. The van der Waals surface area contributed by atoms with E-state index < -0.39 is 5.63 Å². The van der Waals surface area contributed by atoms with Gasteiger partial charge < -0.3 is 9.32 Å². The highest BCUT2D eigenvalue weighted by atomic mass is 32.2. The van der Waals surface area contributed by atoms with Crippen molar-refractivity contribution in [3.63, 3.8) is 0 Å². The van der Waals surface area contributed by atoms with Gasteiger partial charge >= 0.3 is 5.63 Å². The van der Waals surface area contributed by atoms with E-state index >= 15 is 0 Å². The lowest BCUT2D eigenvalue weighted by Gasteiger charge is -2.26. The Morgan fingerprint density at radius 3 is 2.77 bits per heavy atom. The van der Waals surface area contributed by atoms with Crippen molar-refractivity contribution >= 4 is 17.4 Å². The number of nitriles is 1. The zero-order valence-electron chi connectivity index (χ0n) is 12.0. The van der Waals surface area contributed by atoms with Crippen LogP contribution >= 0.6 is 11.8 Å². The SMILES string of the molecule is N#Cc1c(N2CCCC2)c2c(oc1=O)-c1ccccc1SC2. The molecule has 0 N–H and O–H groups in total. The van der Waals surface area contributed by atoms with E-state index in [4.69, 9.17) is 4.42 Å². The summed E-state index contributed by atoms with van der Waals surface area (Å²) in [6.45, 7) is 1.80. The van der Waals surface area contributed by atoms with Gasteiger partial charge in [0.25, 0.3) is 0 Å². The molecule has 1 aromatic heterocycles. The van der Waals surface area contributed by atoms with Crippen LogP contribution in [0.1, 0.15) is 24.0 Å². The molecular formula is C17H14N2O2S. The van der Waals surface area contributed by atoms with Gasteiger partial charge in [0.2, 0.25) is 0 Å². The Balaban J connectivity index is 2.02. The molecule has 22 heavy (non-hydrogen) atoms. The number of hydrogen-bond acceptors (Lipinski definition) is 5. The average molecular weight is 310 g/mol. The summed E-state index contributed by atoms with van der Waals surface area (Å²) in [5.74, 6) is 1.37. The Labute approximate surface area is 132 Å². The van der Waals surface area contributed by atoms with Crippen molar-refractivity contribution in [1.82, 2.24) is 0 Å². The van der Waals surface area contributed by atoms with E-state index in [0.29, 0.717) is 5.76 Å². The van der Waals surface area contributed by atoms with Crippen LogP contribution in [-0.2, 0) is 5.75 Å². The second kappa shape index (κ2) is 5.22. The fourth-order valence-electron chi connectivity index (χ4n) is 3.23. The van der Waals surface area contributed by atoms with E-state index in [1.165, 1.54) is 0 Å². The molecule has 0 atom stereocenters. The standard InChI is InChI=1S/C17H14N2O2S/c18-9-12-15(19-7-3-4-8-19)13-10-22-14-6-2-1-5-11(14)16(13)21-17(12)20/h1-2,5-6H,3-4,7-8,10H2. The molecule has 4 nitrogen and oxygen atoms in total. The third-order valence-electron chi connectivity index (χ3n) is 4.23. The monoisotopic (exact) mass is 310 g/mol. The van der Waals surface area contributed by atoms with Crippen molar-refractivity contribution in [2.24, 2.45) is 0 Å². The Hall–Kier alpha value is -2.19. The zero-order chi connectivity index (χ0) is 15.1. The summed E-state index contributed by atoms with van der Waals surface area (Å²) >= 11 is 1.73. The number of nitrogens with zero attached hydrogens (tertiary/aromatic N) is 2. The predicted octanol–water partition coefficient (Wildman–Crippen LogP) is 3.38. The predicted molar refractivity (Wildman–Crippen MR) is 86.1 cm³/mol. The van der Waals surface area contributed by atoms with Crippen LogP contribution in [0, 0.1) is 11.3 Å². The highest BCUT2D eigenvalue weighted by molar-refractivity contribution is 7.98. The number of hydrogen-bond donors (Lipinski definition) is 0. The molecule has 2 aromatic rings. The normalized spacial score (nSPS) is 16.0. The first-order valence-electron chi connectivity index (χ1n) is 7.37. The third kappa shape index (κ3) is 1.95. The average Bonchev–Trinajstić information content (AvgIpc) is 3.07. The number of thioether (sulfide) groups is 1. The van der Waals surface area contributed by atoms with Crippen molar-refractivity contribution in [3.8, 4) is 17.4 Å². The van der Waals surface area contributed by atoms with Gasteiger partial charge in [-0.25, -0.2) is 4.79 Å². The van der Waals surface area contributed by atoms with E-state index in [-0.39, 0.29) is 5.56 Å². The maximum absolute atomic E-state index is 12.3. The van der Waals surface area contributed by atoms with Crippen molar-refractivity contribution < 1.29 is 4.42 Å². The topological polar surface area (TPSA) is 57.2 Å². The van der Waals surface area contributed by atoms with Gasteiger partial charge in [0.1, 0.15) is 11.8 Å². The molecule has 1 saturated heterocycles. The molecule has 0 amide bonds. The van der Waals surface area contributed by atoms with E-state index in [9.17, 15) is 10.1 Å². The van der Waals surface area contributed by atoms with Crippen LogP contribution in [0.5, 0.6) is 0 Å². The van der Waals surface area contributed by atoms with Gasteiger partial charge in [0, 0.05) is 34.9 Å². The van der Waals surface area contributed by atoms with Crippen molar-refractivity contribution in [2.45, 2.75) is 23.5 Å². The van der Waals surface area contributed by atoms with Crippen LogP contribution in [0.15, 0.2) is 38.4 Å². The lowest BCUT2D eigenvalue weighted by atomic mass is 10.0. The molecule has 0 saturated carbocycles. The molecule has 1 fully saturated rings. The molecule has 3 heterocycles. The summed E-state index contributed by atoms with van der Waals surface area (Å²) in [4.78, 5) is 15.6. The lowest BCUT2D eigenvalue weighted by molar-refractivity contribution is 0.517. The molecule has 110 valence electrons. The smallest absolute Gasteiger partial charge is 0.356 e. The summed E-state index contributed by atoms with van der Waals surface area (Å²) < 4.78 is 5.53. The number of benzene rings is 1. The van der Waals surface area contributed by atoms with E-state index in [1.54, 1.807) is 11.8 Å². The second-order valence-electron chi connectivity index (χ2n) is 5.51. The minimum Gasteiger partial charge on any atom is -0.421 e. The molecule has 1 aromatic carbocycles. The van der Waals surface area contributed by atoms with Crippen molar-refractivity contribution in [3.05, 3.63) is 45.8 Å². The summed E-state index contributed by atoms with van der Waals surface area (Å²) in [5.41, 5.74) is 2.37. The van der Waals surface area contributed by atoms with Gasteiger partial charge in [-0.1, -0.05) is 18.2 Å². The fraction of sp³-hybridized carbons (Fsp3) is 0.294. The first-order chi connectivity index (χ1) is 10.8. The first-order valence-corrected chi connectivity index (χ1v) is 8.35. The fourth-order valence-corrected chi connectivity index (χ4v) is 4.29. The van der Waals surface area contributed by atoms with Gasteiger partial charge in [0.05, 0.1) is 5.69 Å². The lowest BCUT2D eigenvalue weighted by Crippen LogP contribution is -2.25. The highest BCUT2D eigenvalue weighted by Gasteiger charge is 2.29. The maximum atomic E-state index is 12.3. The Morgan fingerprint density at radius 1 is 1.23 bits per heavy atom. The van der Waals surface area contributed by atoms with Crippen molar-refractivity contribution in [1.29, 1.82) is 5.26 Å². The molecule has 5 heteroatoms. The minimum atomic E-state index is -0.523. The van der Waals surface area contributed by atoms with E-state index in [1.807, 2.05) is 24.3 Å². The first kappa shape index (κ1) is 13.5. The zero-order valence-corrected chi connectivity index (χ0v) is 12.8. The number of rotatable bonds is 1. The Morgan fingerprint density at radius 2 is 2.00 bits per heavy atom. The highest BCUT2D eigenvalue weighted by Crippen LogP contribution is 2.45. The Bertz CT molecular complexity index is 845. The molecule has 0 spiro atoms. The van der Waals surface area contributed by atoms with Gasteiger partial charge in [-0.2, -0.15) is 5.26 Å². The second-order valence-corrected chi connectivity index (χ2v) is 6.53. The number of fused-ring (bicyclic) bond motifs is 3. The van der Waals surface area contributed by atoms with Gasteiger partial charge in [-0.05, 0) is 18.9 Å². The van der Waals surface area contributed by atoms with Crippen LogP contribution in [-0.4, -0.2) is 13.1 Å². The summed E-state index contributed by atoms with van der Waals surface area (Å²) in [6.07, 6.45) is 2.20.